The van der Waals surface area contributed by atoms with Crippen LogP contribution in [0.4, 0.5) is 0 Å². The molecule has 1 amide bonds. The molecule has 0 bridgehead atoms. The minimum absolute atomic E-state index is 0.194. The van der Waals surface area contributed by atoms with Gasteiger partial charge in [-0.3, -0.25) is 9.79 Å². The van der Waals surface area contributed by atoms with Gasteiger partial charge in [0, 0.05) is 32.1 Å². The fraction of sp³-hybridized carbons (Fsp3) is 0.529. The van der Waals surface area contributed by atoms with E-state index in [1.54, 1.807) is 0 Å². The maximum atomic E-state index is 12.2. The summed E-state index contributed by atoms with van der Waals surface area (Å²) in [5.74, 6) is 0.662. The zero-order valence-electron chi connectivity index (χ0n) is 13.5. The van der Waals surface area contributed by atoms with Gasteiger partial charge in [-0.2, -0.15) is 0 Å². The largest absolute Gasteiger partial charge is 0.370 e. The van der Waals surface area contributed by atoms with E-state index in [4.69, 9.17) is 5.73 Å². The second kappa shape index (κ2) is 7.82. The summed E-state index contributed by atoms with van der Waals surface area (Å²) in [6.07, 6.45) is 2.26. The maximum absolute atomic E-state index is 12.2. The summed E-state index contributed by atoms with van der Waals surface area (Å²) >= 11 is 0. The highest BCUT2D eigenvalue weighted by Gasteiger charge is 2.21. The van der Waals surface area contributed by atoms with E-state index < -0.39 is 0 Å². The number of nitrogens with zero attached hydrogens (tertiary/aromatic N) is 2. The van der Waals surface area contributed by atoms with E-state index in [2.05, 4.69) is 36.3 Å². The third-order valence-corrected chi connectivity index (χ3v) is 4.03. The molecule has 120 valence electrons. The van der Waals surface area contributed by atoms with Crippen molar-refractivity contribution in [3.05, 3.63) is 35.4 Å². The Morgan fingerprint density at radius 3 is 2.59 bits per heavy atom. The first-order chi connectivity index (χ1) is 10.6. The molecule has 0 spiro atoms. The lowest BCUT2D eigenvalue weighted by molar-refractivity contribution is -0.131. The predicted octanol–water partition coefficient (Wildman–Crippen LogP) is 2.01. The number of aliphatic imine (C=N–C) groups is 1. The molecule has 0 saturated carbocycles. The average molecular weight is 302 g/mol. The van der Waals surface area contributed by atoms with Gasteiger partial charge in [0.2, 0.25) is 5.91 Å². The molecule has 22 heavy (non-hydrogen) atoms. The van der Waals surface area contributed by atoms with Crippen LogP contribution in [0.15, 0.2) is 29.3 Å². The molecule has 3 N–H and O–H groups in total. The number of rotatable bonds is 6. The molecule has 1 aromatic carbocycles. The number of carbonyl (C=O) groups is 1. The van der Waals surface area contributed by atoms with Gasteiger partial charge in [0.05, 0.1) is 0 Å². The Morgan fingerprint density at radius 1 is 1.36 bits per heavy atom. The molecule has 1 aliphatic rings. The van der Waals surface area contributed by atoms with Crippen molar-refractivity contribution < 1.29 is 4.79 Å². The molecule has 5 heteroatoms. The predicted molar refractivity (Wildman–Crippen MR) is 89.3 cm³/mol. The zero-order chi connectivity index (χ0) is 15.9. The topological polar surface area (TPSA) is 70.7 Å². The van der Waals surface area contributed by atoms with Crippen LogP contribution in [0.5, 0.6) is 0 Å². The number of benzene rings is 1. The highest BCUT2D eigenvalue weighted by molar-refractivity contribution is 5.78. The molecule has 0 fully saturated rings. The van der Waals surface area contributed by atoms with Gasteiger partial charge in [-0.1, -0.05) is 31.2 Å². The van der Waals surface area contributed by atoms with Crippen LogP contribution < -0.4 is 11.1 Å². The highest BCUT2D eigenvalue weighted by Crippen LogP contribution is 2.22. The summed E-state index contributed by atoms with van der Waals surface area (Å²) in [5, 5.41) is 3.12. The minimum atomic E-state index is 0.194. The highest BCUT2D eigenvalue weighted by atomic mass is 16.2. The molecule has 0 saturated heterocycles. The summed E-state index contributed by atoms with van der Waals surface area (Å²) in [4.78, 5) is 18.4. The Labute approximate surface area is 132 Å². The third-order valence-electron chi connectivity index (χ3n) is 4.03. The second-order valence-electron chi connectivity index (χ2n) is 5.84. The van der Waals surface area contributed by atoms with Gasteiger partial charge in [-0.15, -0.1) is 0 Å². The van der Waals surface area contributed by atoms with Crippen LogP contribution >= 0.6 is 0 Å². The Kier molecular flexibility index (Phi) is 5.81. The molecule has 1 aromatic rings. The number of hydrogen-bond donors (Lipinski definition) is 2. The monoisotopic (exact) mass is 302 g/mol. The molecular formula is C17H26N4O. The van der Waals surface area contributed by atoms with E-state index in [0.717, 1.165) is 25.9 Å². The molecule has 1 unspecified atom stereocenters. The fourth-order valence-electron chi connectivity index (χ4n) is 2.50. The van der Waals surface area contributed by atoms with Crippen molar-refractivity contribution in [1.29, 1.82) is 0 Å². The number of hydrogen-bond acceptors (Lipinski definition) is 2. The third kappa shape index (κ3) is 4.48. The normalized spacial score (nSPS) is 15.5. The molecule has 1 atom stereocenters. The van der Waals surface area contributed by atoms with Crippen LogP contribution in [0.25, 0.3) is 0 Å². The molecular weight excluding hydrogens is 276 g/mol. The molecule has 5 nitrogen and oxygen atoms in total. The lowest BCUT2D eigenvalue weighted by Crippen LogP contribution is -2.38. The molecule has 0 radical (unpaired) electrons. The zero-order valence-corrected chi connectivity index (χ0v) is 13.5. The van der Waals surface area contributed by atoms with Crippen molar-refractivity contribution in [2.45, 2.75) is 52.2 Å². The Balaban J connectivity index is 1.70. The second-order valence-corrected chi connectivity index (χ2v) is 5.84. The lowest BCUT2D eigenvalue weighted by atomic mass is 10.1. The first-order valence-corrected chi connectivity index (χ1v) is 8.01. The Bertz CT molecular complexity index is 516. The van der Waals surface area contributed by atoms with E-state index in [-0.39, 0.29) is 5.91 Å². The number of guanidine groups is 1. The van der Waals surface area contributed by atoms with Gasteiger partial charge in [0.25, 0.3) is 0 Å². The molecule has 0 aliphatic carbocycles. The summed E-state index contributed by atoms with van der Waals surface area (Å²) < 4.78 is 0. The summed E-state index contributed by atoms with van der Waals surface area (Å²) in [6, 6.07) is 8.56. The quantitative estimate of drug-likeness (QED) is 0.480. The van der Waals surface area contributed by atoms with Crippen molar-refractivity contribution in [2.75, 3.05) is 6.54 Å². The van der Waals surface area contributed by atoms with Crippen LogP contribution in [0.3, 0.4) is 0 Å². The van der Waals surface area contributed by atoms with E-state index >= 15 is 0 Å². The first kappa shape index (κ1) is 16.3. The minimum Gasteiger partial charge on any atom is -0.370 e. The van der Waals surface area contributed by atoms with Gasteiger partial charge < -0.3 is 16.0 Å². The van der Waals surface area contributed by atoms with E-state index in [1.807, 2.05) is 17.0 Å². The molecule has 1 heterocycles. The Hall–Kier alpha value is -2.04. The fourth-order valence-corrected chi connectivity index (χ4v) is 2.50. The number of nitrogens with two attached hydrogens (primary N) is 1. The van der Waals surface area contributed by atoms with Crippen LogP contribution in [0, 0.1) is 0 Å². The van der Waals surface area contributed by atoms with E-state index in [0.29, 0.717) is 25.0 Å². The molecule has 2 rings (SSSR count). The first-order valence-electron chi connectivity index (χ1n) is 8.01. The SMILES string of the molecule is CCC(C)NC(N)=NCCCC(=O)N1Cc2ccccc2C1. The number of fused-ring (bicyclic) bond motifs is 1. The summed E-state index contributed by atoms with van der Waals surface area (Å²) in [5.41, 5.74) is 8.31. The molecule has 1 aliphatic heterocycles. The summed E-state index contributed by atoms with van der Waals surface area (Å²) in [6.45, 7) is 6.21. The van der Waals surface area contributed by atoms with Crippen LogP contribution in [0.2, 0.25) is 0 Å². The van der Waals surface area contributed by atoms with Gasteiger partial charge in [-0.25, -0.2) is 0 Å². The van der Waals surface area contributed by atoms with Crippen molar-refractivity contribution in [3.8, 4) is 0 Å². The summed E-state index contributed by atoms with van der Waals surface area (Å²) in [7, 11) is 0. The number of amides is 1. The standard InChI is InChI=1S/C17H26N4O/c1-3-13(2)20-17(18)19-10-6-9-16(22)21-11-14-7-4-5-8-15(14)12-21/h4-5,7-8,13H,3,6,9-12H2,1-2H3,(H3,18,19,20). The van der Waals surface area contributed by atoms with Crippen molar-refractivity contribution >= 4 is 11.9 Å². The number of carbonyl (C=O) groups excluding carboxylic acids is 1. The van der Waals surface area contributed by atoms with Crippen LogP contribution in [-0.2, 0) is 17.9 Å². The van der Waals surface area contributed by atoms with Crippen molar-refractivity contribution in [2.24, 2.45) is 10.7 Å². The maximum Gasteiger partial charge on any atom is 0.223 e. The van der Waals surface area contributed by atoms with Crippen LogP contribution in [0.1, 0.15) is 44.2 Å². The van der Waals surface area contributed by atoms with Crippen molar-refractivity contribution in [3.63, 3.8) is 0 Å². The van der Waals surface area contributed by atoms with Gasteiger partial charge >= 0.3 is 0 Å². The lowest BCUT2D eigenvalue weighted by Gasteiger charge is -2.15. The Morgan fingerprint density at radius 2 is 2.00 bits per heavy atom. The van der Waals surface area contributed by atoms with E-state index in [9.17, 15) is 4.79 Å². The average Bonchev–Trinajstić information content (AvgIpc) is 2.95. The van der Waals surface area contributed by atoms with Gasteiger partial charge in [0.15, 0.2) is 5.96 Å². The molecule has 0 aromatic heterocycles. The smallest absolute Gasteiger partial charge is 0.223 e. The van der Waals surface area contributed by atoms with Crippen LogP contribution in [-0.4, -0.2) is 29.4 Å². The van der Waals surface area contributed by atoms with Gasteiger partial charge in [-0.05, 0) is 30.9 Å². The van der Waals surface area contributed by atoms with Crippen molar-refractivity contribution in [1.82, 2.24) is 10.2 Å². The number of nitrogens with one attached hydrogen (secondary N) is 1. The van der Waals surface area contributed by atoms with Gasteiger partial charge in [0.1, 0.15) is 0 Å². The van der Waals surface area contributed by atoms with E-state index in [1.165, 1.54) is 11.1 Å².